The molecule has 114 valence electrons. The smallest absolute Gasteiger partial charge is 0.211 e. The molecule has 0 aromatic heterocycles. The van der Waals surface area contributed by atoms with Crippen LogP contribution in [0.2, 0.25) is 0 Å². The third-order valence-corrected chi connectivity index (χ3v) is 3.39. The Balaban J connectivity index is 2.26. The molecule has 0 saturated heterocycles. The van der Waals surface area contributed by atoms with Crippen LogP contribution in [0.4, 0.5) is 5.69 Å². The second kappa shape index (κ2) is 5.55. The predicted octanol–water partition coefficient (Wildman–Crippen LogP) is 4.54. The fourth-order valence-corrected chi connectivity index (χ4v) is 2.04. The molecule has 0 bridgehead atoms. The number of nitrogens with zero attached hydrogens (tertiary/aromatic N) is 1. The first-order valence-electron chi connectivity index (χ1n) is 7.44. The number of nitrogens with one attached hydrogen (secondary N) is 1. The molecule has 1 N–H and O–H groups in total. The fourth-order valence-electron chi connectivity index (χ4n) is 2.04. The standard InChI is InChI=1S/C18H26N2O/c1-13-7-9-14(10-8-13)19-15(17(2,3)4)11-16-20-18(5,6)12-21-16/h7-11,19H,12H2,1-6H3/b15-11-. The van der Waals surface area contributed by atoms with E-state index < -0.39 is 0 Å². The molecule has 1 aliphatic heterocycles. The van der Waals surface area contributed by atoms with Crippen LogP contribution in [-0.2, 0) is 4.74 Å². The molecule has 1 heterocycles. The lowest BCUT2D eigenvalue weighted by molar-refractivity contribution is 0.280. The molecule has 0 fully saturated rings. The second-order valence-corrected chi connectivity index (χ2v) is 7.35. The zero-order chi connectivity index (χ0) is 15.7. The zero-order valence-electron chi connectivity index (χ0n) is 13.9. The average molecular weight is 286 g/mol. The maximum Gasteiger partial charge on any atom is 0.211 e. The van der Waals surface area contributed by atoms with E-state index in [2.05, 4.69) is 76.1 Å². The van der Waals surface area contributed by atoms with Gasteiger partial charge in [0.25, 0.3) is 0 Å². The van der Waals surface area contributed by atoms with Crippen molar-refractivity contribution < 1.29 is 4.74 Å². The molecule has 1 aromatic carbocycles. The van der Waals surface area contributed by atoms with Gasteiger partial charge in [-0.15, -0.1) is 0 Å². The van der Waals surface area contributed by atoms with Crippen LogP contribution < -0.4 is 5.32 Å². The van der Waals surface area contributed by atoms with E-state index in [4.69, 9.17) is 4.74 Å². The van der Waals surface area contributed by atoms with Gasteiger partial charge in [0.2, 0.25) is 5.90 Å². The molecule has 1 aromatic rings. The fraction of sp³-hybridized carbons (Fsp3) is 0.500. The number of benzene rings is 1. The minimum Gasteiger partial charge on any atom is -0.475 e. The SMILES string of the molecule is Cc1ccc(N/C(=C\C2=NC(C)(C)CO2)C(C)(C)C)cc1. The lowest BCUT2D eigenvalue weighted by Gasteiger charge is -2.24. The number of hydrogen-bond donors (Lipinski definition) is 1. The minimum absolute atomic E-state index is 0.0104. The van der Waals surface area contributed by atoms with Gasteiger partial charge in [0.1, 0.15) is 6.61 Å². The van der Waals surface area contributed by atoms with Gasteiger partial charge < -0.3 is 10.1 Å². The highest BCUT2D eigenvalue weighted by Crippen LogP contribution is 2.28. The Bertz CT molecular complexity index is 560. The number of anilines is 1. The molecular formula is C18H26N2O. The molecular weight excluding hydrogens is 260 g/mol. The van der Waals surface area contributed by atoms with Gasteiger partial charge in [-0.2, -0.15) is 0 Å². The van der Waals surface area contributed by atoms with Crippen molar-refractivity contribution in [2.24, 2.45) is 10.4 Å². The summed E-state index contributed by atoms with van der Waals surface area (Å²) in [5.41, 5.74) is 3.30. The molecule has 3 nitrogen and oxygen atoms in total. The Morgan fingerprint density at radius 3 is 2.33 bits per heavy atom. The van der Waals surface area contributed by atoms with Crippen molar-refractivity contribution in [3.05, 3.63) is 41.6 Å². The molecule has 0 atom stereocenters. The summed E-state index contributed by atoms with van der Waals surface area (Å²) in [7, 11) is 0. The van der Waals surface area contributed by atoms with Crippen LogP contribution in [0.15, 0.2) is 41.0 Å². The Labute approximate surface area is 128 Å². The van der Waals surface area contributed by atoms with Gasteiger partial charge in [0, 0.05) is 22.9 Å². The zero-order valence-corrected chi connectivity index (χ0v) is 13.9. The van der Waals surface area contributed by atoms with Crippen LogP contribution in [0.1, 0.15) is 40.2 Å². The first-order chi connectivity index (χ1) is 9.66. The van der Waals surface area contributed by atoms with Crippen LogP contribution in [0.25, 0.3) is 0 Å². The van der Waals surface area contributed by atoms with Gasteiger partial charge >= 0.3 is 0 Å². The molecule has 0 unspecified atom stereocenters. The quantitative estimate of drug-likeness (QED) is 0.884. The number of aliphatic imine (C=N–C) groups is 1. The van der Waals surface area contributed by atoms with Crippen LogP contribution >= 0.6 is 0 Å². The summed E-state index contributed by atoms with van der Waals surface area (Å²) < 4.78 is 5.68. The summed E-state index contributed by atoms with van der Waals surface area (Å²) in [6, 6.07) is 8.40. The van der Waals surface area contributed by atoms with Crippen molar-refractivity contribution >= 4 is 11.6 Å². The Morgan fingerprint density at radius 1 is 1.24 bits per heavy atom. The molecule has 3 heteroatoms. The van der Waals surface area contributed by atoms with Crippen molar-refractivity contribution in [2.75, 3.05) is 11.9 Å². The number of hydrogen-bond acceptors (Lipinski definition) is 3. The molecule has 21 heavy (non-hydrogen) atoms. The molecule has 0 aliphatic carbocycles. The molecule has 0 saturated carbocycles. The number of allylic oxidation sites excluding steroid dienone is 1. The van der Waals surface area contributed by atoms with Crippen molar-refractivity contribution in [1.29, 1.82) is 0 Å². The number of rotatable bonds is 3. The van der Waals surface area contributed by atoms with Crippen LogP contribution in [-0.4, -0.2) is 18.0 Å². The van der Waals surface area contributed by atoms with Crippen molar-refractivity contribution in [2.45, 2.75) is 47.1 Å². The van der Waals surface area contributed by atoms with Crippen LogP contribution in [0.3, 0.4) is 0 Å². The normalized spacial score (nSPS) is 18.2. The van der Waals surface area contributed by atoms with E-state index in [1.165, 1.54) is 5.56 Å². The van der Waals surface area contributed by atoms with Gasteiger partial charge in [-0.3, -0.25) is 0 Å². The molecule has 0 radical (unpaired) electrons. The van der Waals surface area contributed by atoms with E-state index in [-0.39, 0.29) is 11.0 Å². The highest BCUT2D eigenvalue weighted by Gasteiger charge is 2.27. The predicted molar refractivity (Wildman–Crippen MR) is 89.8 cm³/mol. The number of ether oxygens (including phenoxy) is 1. The van der Waals surface area contributed by atoms with Gasteiger partial charge in [0.15, 0.2) is 0 Å². The first-order valence-corrected chi connectivity index (χ1v) is 7.44. The number of aryl methyl sites for hydroxylation is 1. The summed E-state index contributed by atoms with van der Waals surface area (Å²) >= 11 is 0. The van der Waals surface area contributed by atoms with E-state index in [0.29, 0.717) is 12.5 Å². The molecule has 1 aliphatic rings. The minimum atomic E-state index is -0.126. The van der Waals surface area contributed by atoms with E-state index in [9.17, 15) is 0 Å². The molecule has 0 spiro atoms. The highest BCUT2D eigenvalue weighted by atomic mass is 16.5. The summed E-state index contributed by atoms with van der Waals surface area (Å²) in [6.45, 7) is 13.4. The lowest BCUT2D eigenvalue weighted by Crippen LogP contribution is -2.18. The van der Waals surface area contributed by atoms with Crippen LogP contribution in [0.5, 0.6) is 0 Å². The largest absolute Gasteiger partial charge is 0.475 e. The highest BCUT2D eigenvalue weighted by molar-refractivity contribution is 5.90. The second-order valence-electron chi connectivity index (χ2n) is 7.35. The first kappa shape index (κ1) is 15.6. The molecule has 2 rings (SSSR count). The Hall–Kier alpha value is -1.77. The van der Waals surface area contributed by atoms with E-state index >= 15 is 0 Å². The van der Waals surface area contributed by atoms with E-state index in [0.717, 1.165) is 11.4 Å². The van der Waals surface area contributed by atoms with Crippen molar-refractivity contribution in [3.63, 3.8) is 0 Å². The topological polar surface area (TPSA) is 33.6 Å². The van der Waals surface area contributed by atoms with Gasteiger partial charge in [-0.25, -0.2) is 4.99 Å². The summed E-state index contributed by atoms with van der Waals surface area (Å²) in [5.74, 6) is 0.713. The monoisotopic (exact) mass is 286 g/mol. The van der Waals surface area contributed by atoms with Crippen molar-refractivity contribution in [1.82, 2.24) is 0 Å². The molecule has 0 amide bonds. The summed E-state index contributed by atoms with van der Waals surface area (Å²) in [5, 5.41) is 3.50. The Kier molecular flexibility index (Phi) is 4.13. The van der Waals surface area contributed by atoms with E-state index in [1.807, 2.05) is 6.08 Å². The van der Waals surface area contributed by atoms with Gasteiger partial charge in [0.05, 0.1) is 5.54 Å². The average Bonchev–Trinajstić information content (AvgIpc) is 2.69. The van der Waals surface area contributed by atoms with Gasteiger partial charge in [-0.05, 0) is 32.9 Å². The van der Waals surface area contributed by atoms with E-state index in [1.54, 1.807) is 0 Å². The maximum atomic E-state index is 5.68. The van der Waals surface area contributed by atoms with Crippen molar-refractivity contribution in [3.8, 4) is 0 Å². The third kappa shape index (κ3) is 4.35. The summed E-state index contributed by atoms with van der Waals surface area (Å²) in [6.07, 6.45) is 2.02. The van der Waals surface area contributed by atoms with Crippen LogP contribution in [0, 0.1) is 12.3 Å². The van der Waals surface area contributed by atoms with Gasteiger partial charge in [-0.1, -0.05) is 38.5 Å². The Morgan fingerprint density at radius 2 is 1.86 bits per heavy atom. The lowest BCUT2D eigenvalue weighted by atomic mass is 9.91. The summed E-state index contributed by atoms with van der Waals surface area (Å²) in [4.78, 5) is 4.61. The maximum absolute atomic E-state index is 5.68. The third-order valence-electron chi connectivity index (χ3n) is 3.39.